The van der Waals surface area contributed by atoms with Crippen LogP contribution in [0.4, 0.5) is 5.82 Å². The van der Waals surface area contributed by atoms with Gasteiger partial charge in [0.05, 0.1) is 7.11 Å². The smallest absolute Gasteiger partial charge is 0.358 e. The maximum Gasteiger partial charge on any atom is 0.358 e. The van der Waals surface area contributed by atoms with Crippen molar-refractivity contribution >= 4 is 17.7 Å². The molecule has 0 radical (unpaired) electrons. The van der Waals surface area contributed by atoms with Gasteiger partial charge in [0.1, 0.15) is 11.9 Å². The van der Waals surface area contributed by atoms with Gasteiger partial charge >= 0.3 is 5.97 Å². The summed E-state index contributed by atoms with van der Waals surface area (Å²) in [5.41, 5.74) is 0.136. The highest BCUT2D eigenvalue weighted by molar-refractivity contribution is 5.87. The van der Waals surface area contributed by atoms with Crippen LogP contribution in [0.1, 0.15) is 30.3 Å². The average Bonchev–Trinajstić information content (AvgIpc) is 3.00. The normalized spacial score (nSPS) is 15.8. The average molecular weight is 278 g/mol. The summed E-state index contributed by atoms with van der Waals surface area (Å²) in [4.78, 5) is 25.2. The summed E-state index contributed by atoms with van der Waals surface area (Å²) in [6.07, 6.45) is 2.12. The maximum absolute atomic E-state index is 12.1. The van der Waals surface area contributed by atoms with Crippen molar-refractivity contribution in [3.63, 3.8) is 0 Å². The topological polar surface area (TPSA) is 84.4 Å². The lowest BCUT2D eigenvalue weighted by molar-refractivity contribution is -0.130. The first-order valence-electron chi connectivity index (χ1n) is 6.59. The van der Waals surface area contributed by atoms with Gasteiger partial charge in [0.2, 0.25) is 5.91 Å². The van der Waals surface area contributed by atoms with E-state index < -0.39 is 5.97 Å². The Labute approximate surface area is 117 Å². The Bertz CT molecular complexity index is 483. The number of ether oxygens (including phenoxy) is 1. The number of anilines is 1. The standard InChI is InChI=1S/C13H18N4O3/c1-9(12(18)17-7-3-4-8-17)14-11-6-5-10(15-16-11)13(19)20-2/h5-6,9H,3-4,7-8H2,1-2H3,(H,14,16). The Kier molecular flexibility index (Phi) is 4.49. The molecule has 1 unspecified atom stereocenters. The van der Waals surface area contributed by atoms with Gasteiger partial charge in [-0.15, -0.1) is 10.2 Å². The molecule has 0 aromatic carbocycles. The number of likely N-dealkylation sites (tertiary alicyclic amines) is 1. The third-order valence-corrected chi connectivity index (χ3v) is 3.21. The van der Waals surface area contributed by atoms with Crippen LogP contribution in [0.15, 0.2) is 12.1 Å². The van der Waals surface area contributed by atoms with E-state index in [4.69, 9.17) is 0 Å². The van der Waals surface area contributed by atoms with Crippen molar-refractivity contribution in [3.05, 3.63) is 17.8 Å². The fourth-order valence-electron chi connectivity index (χ4n) is 2.12. The van der Waals surface area contributed by atoms with Crippen LogP contribution in [-0.2, 0) is 9.53 Å². The molecule has 7 nitrogen and oxygen atoms in total. The number of hydrogen-bond donors (Lipinski definition) is 1. The molecule has 1 aromatic rings. The first kappa shape index (κ1) is 14.2. The summed E-state index contributed by atoms with van der Waals surface area (Å²) in [6.45, 7) is 3.42. The van der Waals surface area contributed by atoms with Crippen LogP contribution in [0, 0.1) is 0 Å². The molecule has 1 atom stereocenters. The number of hydrogen-bond acceptors (Lipinski definition) is 6. The molecule has 20 heavy (non-hydrogen) atoms. The van der Waals surface area contributed by atoms with E-state index in [0.717, 1.165) is 25.9 Å². The zero-order chi connectivity index (χ0) is 14.5. The predicted octanol–water partition coefficient (Wildman–Crippen LogP) is 0.686. The zero-order valence-electron chi connectivity index (χ0n) is 11.6. The number of nitrogens with zero attached hydrogens (tertiary/aromatic N) is 3. The van der Waals surface area contributed by atoms with Gasteiger partial charge in [0.15, 0.2) is 5.69 Å². The van der Waals surface area contributed by atoms with Gasteiger partial charge in [-0.05, 0) is 31.9 Å². The zero-order valence-corrected chi connectivity index (χ0v) is 11.6. The van der Waals surface area contributed by atoms with Crippen LogP contribution in [0.25, 0.3) is 0 Å². The third kappa shape index (κ3) is 3.23. The van der Waals surface area contributed by atoms with Crippen LogP contribution in [-0.4, -0.2) is 53.2 Å². The quantitative estimate of drug-likeness (QED) is 0.816. The van der Waals surface area contributed by atoms with Crippen LogP contribution >= 0.6 is 0 Å². The largest absolute Gasteiger partial charge is 0.464 e. The fourth-order valence-corrected chi connectivity index (χ4v) is 2.12. The maximum atomic E-state index is 12.1. The van der Waals surface area contributed by atoms with E-state index in [0.29, 0.717) is 5.82 Å². The van der Waals surface area contributed by atoms with Gasteiger partial charge in [0, 0.05) is 13.1 Å². The van der Waals surface area contributed by atoms with E-state index >= 15 is 0 Å². The molecule has 108 valence electrons. The van der Waals surface area contributed by atoms with E-state index in [9.17, 15) is 9.59 Å². The van der Waals surface area contributed by atoms with Crippen LogP contribution in [0.5, 0.6) is 0 Å². The fraction of sp³-hybridized carbons (Fsp3) is 0.538. The molecular formula is C13H18N4O3. The Morgan fingerprint density at radius 3 is 2.55 bits per heavy atom. The first-order chi connectivity index (χ1) is 9.61. The van der Waals surface area contributed by atoms with E-state index in [1.807, 2.05) is 4.90 Å². The van der Waals surface area contributed by atoms with Crippen LogP contribution in [0.3, 0.4) is 0 Å². The highest BCUT2D eigenvalue weighted by Gasteiger charge is 2.23. The van der Waals surface area contributed by atoms with E-state index in [-0.39, 0.29) is 17.6 Å². The van der Waals surface area contributed by atoms with Crippen molar-refractivity contribution in [2.45, 2.75) is 25.8 Å². The highest BCUT2D eigenvalue weighted by atomic mass is 16.5. The molecule has 0 saturated carbocycles. The number of methoxy groups -OCH3 is 1. The molecule has 1 saturated heterocycles. The van der Waals surface area contributed by atoms with E-state index in [1.165, 1.54) is 13.2 Å². The van der Waals surface area contributed by atoms with E-state index in [1.54, 1.807) is 13.0 Å². The molecular weight excluding hydrogens is 260 g/mol. The molecule has 7 heteroatoms. The Hall–Kier alpha value is -2.18. The summed E-state index contributed by atoms with van der Waals surface area (Å²) in [7, 11) is 1.28. The van der Waals surface area contributed by atoms with Gasteiger partial charge < -0.3 is 15.0 Å². The second kappa shape index (κ2) is 6.31. The Morgan fingerprint density at radius 2 is 2.00 bits per heavy atom. The summed E-state index contributed by atoms with van der Waals surface area (Å²) in [5.74, 6) is -0.0238. The lowest BCUT2D eigenvalue weighted by Crippen LogP contribution is -2.39. The van der Waals surface area contributed by atoms with Crippen LogP contribution in [0.2, 0.25) is 0 Å². The number of esters is 1. The highest BCUT2D eigenvalue weighted by Crippen LogP contribution is 2.11. The molecule has 1 fully saturated rings. The number of carbonyl (C=O) groups excluding carboxylic acids is 2. The van der Waals surface area contributed by atoms with Crippen molar-refractivity contribution in [2.75, 3.05) is 25.5 Å². The molecule has 0 bridgehead atoms. The Balaban J connectivity index is 1.95. The molecule has 1 aromatic heterocycles. The summed E-state index contributed by atoms with van der Waals surface area (Å²) < 4.78 is 4.54. The van der Waals surface area contributed by atoms with Crippen molar-refractivity contribution in [1.82, 2.24) is 15.1 Å². The van der Waals surface area contributed by atoms with Crippen molar-refractivity contribution in [2.24, 2.45) is 0 Å². The first-order valence-corrected chi connectivity index (χ1v) is 6.59. The number of aromatic nitrogens is 2. The molecule has 1 N–H and O–H groups in total. The lowest BCUT2D eigenvalue weighted by Gasteiger charge is -2.21. The van der Waals surface area contributed by atoms with Crippen LogP contribution < -0.4 is 5.32 Å². The predicted molar refractivity (Wildman–Crippen MR) is 72.3 cm³/mol. The molecule has 2 heterocycles. The number of amides is 1. The molecule has 0 spiro atoms. The third-order valence-electron chi connectivity index (χ3n) is 3.21. The SMILES string of the molecule is COC(=O)c1ccc(NC(C)C(=O)N2CCCC2)nn1. The molecule has 2 rings (SSSR count). The lowest BCUT2D eigenvalue weighted by atomic mass is 10.3. The van der Waals surface area contributed by atoms with Gasteiger partial charge in [-0.25, -0.2) is 4.79 Å². The second-order valence-corrected chi connectivity index (χ2v) is 4.69. The minimum Gasteiger partial charge on any atom is -0.464 e. The molecule has 1 aliphatic heterocycles. The molecule has 1 amide bonds. The number of nitrogens with one attached hydrogen (secondary N) is 1. The van der Waals surface area contributed by atoms with E-state index in [2.05, 4.69) is 20.3 Å². The summed E-state index contributed by atoms with van der Waals surface area (Å²) in [5, 5.41) is 10.6. The summed E-state index contributed by atoms with van der Waals surface area (Å²) >= 11 is 0. The van der Waals surface area contributed by atoms with Crippen molar-refractivity contribution in [1.29, 1.82) is 0 Å². The summed E-state index contributed by atoms with van der Waals surface area (Å²) in [6, 6.07) is 2.74. The van der Waals surface area contributed by atoms with Crippen molar-refractivity contribution < 1.29 is 14.3 Å². The van der Waals surface area contributed by atoms with Gasteiger partial charge in [0.25, 0.3) is 0 Å². The second-order valence-electron chi connectivity index (χ2n) is 4.69. The van der Waals surface area contributed by atoms with Gasteiger partial charge in [-0.1, -0.05) is 0 Å². The minimum atomic E-state index is -0.537. The monoisotopic (exact) mass is 278 g/mol. The van der Waals surface area contributed by atoms with Gasteiger partial charge in [-0.2, -0.15) is 0 Å². The van der Waals surface area contributed by atoms with Crippen molar-refractivity contribution in [3.8, 4) is 0 Å². The Morgan fingerprint density at radius 1 is 1.30 bits per heavy atom. The molecule has 1 aliphatic rings. The number of rotatable bonds is 4. The minimum absolute atomic E-state index is 0.0568. The molecule has 0 aliphatic carbocycles. The number of carbonyl (C=O) groups is 2. The van der Waals surface area contributed by atoms with Gasteiger partial charge in [-0.3, -0.25) is 4.79 Å².